The molecule has 1 saturated carbocycles. The Morgan fingerprint density at radius 2 is 2.06 bits per heavy atom. The molecule has 1 fully saturated rings. The average Bonchev–Trinajstić information content (AvgIpc) is 2.56. The smallest absolute Gasteiger partial charge is 0.135 e. The summed E-state index contributed by atoms with van der Waals surface area (Å²) in [7, 11) is 0. The molecule has 1 aromatic rings. The normalized spacial score (nSPS) is 17.9. The summed E-state index contributed by atoms with van der Waals surface area (Å²) in [4.78, 5) is 0. The maximum atomic E-state index is 6.01. The zero-order valence-corrected chi connectivity index (χ0v) is 12.0. The number of nitrogens with zero attached hydrogens (tertiary/aromatic N) is 2. The van der Waals surface area contributed by atoms with Crippen molar-refractivity contribution in [2.75, 3.05) is 5.73 Å². The Balaban J connectivity index is 1.91. The molecule has 1 heterocycles. The van der Waals surface area contributed by atoms with Crippen molar-refractivity contribution in [3.63, 3.8) is 0 Å². The Labute approximate surface area is 111 Å². The molecule has 0 atom stereocenters. The minimum atomic E-state index is 0.842. The molecule has 16 heavy (non-hydrogen) atoms. The van der Waals surface area contributed by atoms with E-state index in [1.165, 1.54) is 38.5 Å². The molecule has 2 N–H and O–H groups in total. The summed E-state index contributed by atoms with van der Waals surface area (Å²) < 4.78 is 3.09. The molecule has 0 unspecified atom stereocenters. The Morgan fingerprint density at radius 1 is 1.38 bits per heavy atom. The molecule has 1 aromatic heterocycles. The van der Waals surface area contributed by atoms with Crippen LogP contribution >= 0.6 is 22.6 Å². The average molecular weight is 333 g/mol. The van der Waals surface area contributed by atoms with Gasteiger partial charge in [-0.2, -0.15) is 5.10 Å². The summed E-state index contributed by atoms with van der Waals surface area (Å²) in [6, 6.07) is 0. The summed E-state index contributed by atoms with van der Waals surface area (Å²) in [5, 5.41) is 4.48. The van der Waals surface area contributed by atoms with Crippen molar-refractivity contribution in [1.29, 1.82) is 0 Å². The lowest BCUT2D eigenvalue weighted by atomic mass is 9.87. The number of hydrogen-bond donors (Lipinski definition) is 1. The van der Waals surface area contributed by atoms with Gasteiger partial charge in [0.15, 0.2) is 0 Å². The first-order valence-electron chi connectivity index (χ1n) is 6.17. The Kier molecular flexibility index (Phi) is 4.10. The molecular weight excluding hydrogens is 313 g/mol. The zero-order valence-electron chi connectivity index (χ0n) is 9.88. The molecule has 90 valence electrons. The summed E-state index contributed by atoms with van der Waals surface area (Å²) in [6.07, 6.45) is 8.29. The summed E-state index contributed by atoms with van der Waals surface area (Å²) in [5.41, 5.74) is 7.07. The first kappa shape index (κ1) is 12.2. The second-order valence-electron chi connectivity index (χ2n) is 4.80. The molecule has 1 aliphatic carbocycles. The molecular formula is C12H20IN3. The van der Waals surface area contributed by atoms with Crippen LogP contribution in [0.3, 0.4) is 0 Å². The Hall–Kier alpha value is -0.260. The van der Waals surface area contributed by atoms with Crippen molar-refractivity contribution < 1.29 is 0 Å². The Morgan fingerprint density at radius 3 is 2.62 bits per heavy atom. The van der Waals surface area contributed by atoms with Gasteiger partial charge < -0.3 is 5.73 Å². The number of aryl methyl sites for hydroxylation is 2. The quantitative estimate of drug-likeness (QED) is 0.862. The van der Waals surface area contributed by atoms with Crippen molar-refractivity contribution >= 4 is 28.4 Å². The van der Waals surface area contributed by atoms with Crippen LogP contribution in [0.1, 0.15) is 44.2 Å². The highest BCUT2D eigenvalue weighted by molar-refractivity contribution is 14.1. The fourth-order valence-electron chi connectivity index (χ4n) is 2.53. The number of nitrogens with two attached hydrogens (primary N) is 1. The molecule has 0 aliphatic heterocycles. The number of anilines is 1. The number of hydrogen-bond acceptors (Lipinski definition) is 2. The third-order valence-corrected chi connectivity index (χ3v) is 4.90. The van der Waals surface area contributed by atoms with Crippen LogP contribution in [0.5, 0.6) is 0 Å². The molecule has 0 bridgehead atoms. The number of aromatic nitrogens is 2. The number of halogens is 1. The molecule has 2 rings (SSSR count). The van der Waals surface area contributed by atoms with Crippen LogP contribution in [0.4, 0.5) is 5.82 Å². The van der Waals surface area contributed by atoms with Gasteiger partial charge >= 0.3 is 0 Å². The van der Waals surface area contributed by atoms with E-state index in [1.54, 1.807) is 0 Å². The lowest BCUT2D eigenvalue weighted by Crippen LogP contribution is -2.12. The maximum absolute atomic E-state index is 6.01. The Bertz CT molecular complexity index is 353. The third-order valence-electron chi connectivity index (χ3n) is 3.57. The van der Waals surface area contributed by atoms with Gasteiger partial charge in [0.2, 0.25) is 0 Å². The number of rotatable bonds is 3. The molecule has 0 saturated heterocycles. The van der Waals surface area contributed by atoms with E-state index in [0.29, 0.717) is 0 Å². The second kappa shape index (κ2) is 5.38. The molecule has 0 aromatic carbocycles. The second-order valence-corrected chi connectivity index (χ2v) is 5.88. The van der Waals surface area contributed by atoms with Gasteiger partial charge in [-0.15, -0.1) is 0 Å². The molecule has 1 aliphatic rings. The third kappa shape index (κ3) is 2.70. The van der Waals surface area contributed by atoms with Gasteiger partial charge in [-0.1, -0.05) is 32.1 Å². The van der Waals surface area contributed by atoms with Gasteiger partial charge in [-0.25, -0.2) is 4.68 Å². The van der Waals surface area contributed by atoms with Gasteiger partial charge in [0, 0.05) is 6.54 Å². The lowest BCUT2D eigenvalue weighted by molar-refractivity contribution is 0.319. The van der Waals surface area contributed by atoms with Crippen LogP contribution in [0.25, 0.3) is 0 Å². The van der Waals surface area contributed by atoms with Gasteiger partial charge in [-0.05, 0) is 41.9 Å². The first-order chi connectivity index (χ1) is 7.68. The highest BCUT2D eigenvalue weighted by atomic mass is 127. The standard InChI is InChI=1S/C12H20IN3/c1-9-11(13)12(14)16(15-9)8-7-10-5-3-2-4-6-10/h10H,2-8,14H2,1H3. The van der Waals surface area contributed by atoms with Gasteiger partial charge in [0.05, 0.1) is 9.26 Å². The van der Waals surface area contributed by atoms with Gasteiger partial charge in [0.25, 0.3) is 0 Å². The SMILES string of the molecule is Cc1nn(CCC2CCCCC2)c(N)c1I. The van der Waals surface area contributed by atoms with Gasteiger partial charge in [-0.3, -0.25) is 0 Å². The first-order valence-corrected chi connectivity index (χ1v) is 7.24. The van der Waals surface area contributed by atoms with Crippen LogP contribution in [0, 0.1) is 16.4 Å². The number of nitrogen functional groups attached to an aromatic ring is 1. The van der Waals surface area contributed by atoms with Crippen LogP contribution in [-0.4, -0.2) is 9.78 Å². The highest BCUT2D eigenvalue weighted by Crippen LogP contribution is 2.27. The molecule has 0 spiro atoms. The van der Waals surface area contributed by atoms with E-state index >= 15 is 0 Å². The molecule has 0 amide bonds. The lowest BCUT2D eigenvalue weighted by Gasteiger charge is -2.21. The predicted octanol–water partition coefficient (Wildman–Crippen LogP) is 3.35. The van der Waals surface area contributed by atoms with E-state index in [0.717, 1.165) is 27.5 Å². The van der Waals surface area contributed by atoms with Crippen LogP contribution in [-0.2, 0) is 6.54 Å². The monoisotopic (exact) mass is 333 g/mol. The van der Waals surface area contributed by atoms with Crippen molar-refractivity contribution in [2.24, 2.45) is 5.92 Å². The minimum absolute atomic E-state index is 0.842. The zero-order chi connectivity index (χ0) is 11.5. The highest BCUT2D eigenvalue weighted by Gasteiger charge is 2.15. The summed E-state index contributed by atoms with van der Waals surface area (Å²) in [6.45, 7) is 3.01. The van der Waals surface area contributed by atoms with E-state index in [9.17, 15) is 0 Å². The van der Waals surface area contributed by atoms with Crippen molar-refractivity contribution in [1.82, 2.24) is 9.78 Å². The van der Waals surface area contributed by atoms with Crippen LogP contribution in [0.2, 0.25) is 0 Å². The van der Waals surface area contributed by atoms with Crippen molar-refractivity contribution in [3.8, 4) is 0 Å². The molecule has 3 nitrogen and oxygen atoms in total. The largest absolute Gasteiger partial charge is 0.383 e. The van der Waals surface area contributed by atoms with Crippen LogP contribution in [0.15, 0.2) is 0 Å². The van der Waals surface area contributed by atoms with E-state index in [2.05, 4.69) is 27.7 Å². The minimum Gasteiger partial charge on any atom is -0.383 e. The fourth-order valence-corrected chi connectivity index (χ4v) is 2.91. The van der Waals surface area contributed by atoms with Crippen LogP contribution < -0.4 is 5.73 Å². The van der Waals surface area contributed by atoms with Gasteiger partial charge in [0.1, 0.15) is 5.82 Å². The van der Waals surface area contributed by atoms with E-state index in [4.69, 9.17) is 5.73 Å². The maximum Gasteiger partial charge on any atom is 0.135 e. The topological polar surface area (TPSA) is 43.8 Å². The molecule has 4 heteroatoms. The van der Waals surface area contributed by atoms with E-state index in [-0.39, 0.29) is 0 Å². The predicted molar refractivity (Wildman–Crippen MR) is 75.3 cm³/mol. The molecule has 0 radical (unpaired) electrons. The van der Waals surface area contributed by atoms with E-state index < -0.39 is 0 Å². The fraction of sp³-hybridized carbons (Fsp3) is 0.750. The van der Waals surface area contributed by atoms with Crippen molar-refractivity contribution in [2.45, 2.75) is 52.0 Å². The summed E-state index contributed by atoms with van der Waals surface area (Å²) in [5.74, 6) is 1.74. The van der Waals surface area contributed by atoms with E-state index in [1.807, 2.05) is 11.6 Å². The van der Waals surface area contributed by atoms with Crippen molar-refractivity contribution in [3.05, 3.63) is 9.26 Å². The summed E-state index contributed by atoms with van der Waals surface area (Å²) >= 11 is 2.28.